The summed E-state index contributed by atoms with van der Waals surface area (Å²) < 4.78 is 6.49. The van der Waals surface area contributed by atoms with Gasteiger partial charge >= 0.3 is 0 Å². The van der Waals surface area contributed by atoms with E-state index in [1.54, 1.807) is 0 Å². The van der Waals surface area contributed by atoms with E-state index in [2.05, 4.69) is 34.8 Å². The molecule has 0 radical (unpaired) electrons. The third-order valence-electron chi connectivity index (χ3n) is 2.28. The van der Waals surface area contributed by atoms with Gasteiger partial charge in [-0.3, -0.25) is 4.79 Å². The number of amides is 1. The molecule has 0 aliphatic rings. The zero-order valence-corrected chi connectivity index (χ0v) is 12.2. The molecule has 1 rings (SSSR count). The Morgan fingerprint density at radius 1 is 1.29 bits per heavy atom. The maximum atomic E-state index is 11.7. The lowest BCUT2D eigenvalue weighted by molar-refractivity contribution is 0.0913. The highest BCUT2D eigenvalue weighted by Crippen LogP contribution is 2.06. The molecule has 3 nitrogen and oxygen atoms in total. The highest BCUT2D eigenvalue weighted by molar-refractivity contribution is 14.1. The van der Waals surface area contributed by atoms with Gasteiger partial charge in [0.25, 0.3) is 5.91 Å². The lowest BCUT2D eigenvalue weighted by Crippen LogP contribution is -2.27. The topological polar surface area (TPSA) is 38.3 Å². The average Bonchev–Trinajstić information content (AvgIpc) is 2.34. The Bertz CT molecular complexity index is 338. The van der Waals surface area contributed by atoms with E-state index in [4.69, 9.17) is 4.74 Å². The van der Waals surface area contributed by atoms with Crippen molar-refractivity contribution in [2.45, 2.75) is 19.8 Å². The van der Waals surface area contributed by atoms with Crippen molar-refractivity contribution >= 4 is 28.5 Å². The molecule has 0 spiro atoms. The summed E-state index contributed by atoms with van der Waals surface area (Å²) in [6.45, 7) is 4.04. The Morgan fingerprint density at radius 3 is 2.65 bits per heavy atom. The Kier molecular flexibility index (Phi) is 7.19. The van der Waals surface area contributed by atoms with Crippen molar-refractivity contribution in [3.63, 3.8) is 0 Å². The van der Waals surface area contributed by atoms with Crippen LogP contribution in [0.15, 0.2) is 24.3 Å². The summed E-state index contributed by atoms with van der Waals surface area (Å²) in [5.41, 5.74) is 0.693. The first-order valence-electron chi connectivity index (χ1n) is 5.85. The van der Waals surface area contributed by atoms with Gasteiger partial charge in [-0.25, -0.2) is 0 Å². The van der Waals surface area contributed by atoms with Crippen LogP contribution >= 0.6 is 22.6 Å². The standard InChI is InChI=1S/C13H18INO2/c1-2-3-9-17-10-8-15-13(16)11-4-6-12(14)7-5-11/h4-7H,2-3,8-10H2,1H3,(H,15,16). The number of rotatable bonds is 7. The summed E-state index contributed by atoms with van der Waals surface area (Å²) in [6, 6.07) is 7.50. The van der Waals surface area contributed by atoms with Gasteiger partial charge in [0.1, 0.15) is 0 Å². The second-order valence-corrected chi connectivity index (χ2v) is 4.97. The summed E-state index contributed by atoms with van der Waals surface area (Å²) >= 11 is 2.22. The number of nitrogens with one attached hydrogen (secondary N) is 1. The molecule has 94 valence electrons. The first-order chi connectivity index (χ1) is 8.24. The molecule has 0 aromatic heterocycles. The van der Waals surface area contributed by atoms with Gasteiger partial charge < -0.3 is 10.1 Å². The number of carbonyl (C=O) groups is 1. The number of halogens is 1. The lowest BCUT2D eigenvalue weighted by atomic mass is 10.2. The van der Waals surface area contributed by atoms with E-state index in [-0.39, 0.29) is 5.91 Å². The predicted octanol–water partition coefficient (Wildman–Crippen LogP) is 2.84. The summed E-state index contributed by atoms with van der Waals surface area (Å²) in [5.74, 6) is -0.0412. The molecule has 0 atom stereocenters. The fourth-order valence-corrected chi connectivity index (χ4v) is 1.65. The minimum atomic E-state index is -0.0412. The molecule has 1 amide bonds. The van der Waals surface area contributed by atoms with Crippen molar-refractivity contribution in [1.29, 1.82) is 0 Å². The van der Waals surface area contributed by atoms with Crippen molar-refractivity contribution < 1.29 is 9.53 Å². The average molecular weight is 347 g/mol. The van der Waals surface area contributed by atoms with Crippen LogP contribution in [-0.2, 0) is 4.74 Å². The zero-order valence-electron chi connectivity index (χ0n) is 10.0. The molecule has 0 saturated carbocycles. The van der Waals surface area contributed by atoms with E-state index < -0.39 is 0 Å². The number of ether oxygens (including phenoxy) is 1. The zero-order chi connectivity index (χ0) is 12.5. The normalized spacial score (nSPS) is 10.2. The van der Waals surface area contributed by atoms with Crippen LogP contribution in [0, 0.1) is 3.57 Å². The van der Waals surface area contributed by atoms with Crippen LogP contribution in [0.4, 0.5) is 0 Å². The number of hydrogen-bond donors (Lipinski definition) is 1. The minimum Gasteiger partial charge on any atom is -0.380 e. The van der Waals surface area contributed by atoms with Crippen LogP contribution in [-0.4, -0.2) is 25.7 Å². The van der Waals surface area contributed by atoms with E-state index in [0.29, 0.717) is 18.7 Å². The van der Waals surface area contributed by atoms with Crippen LogP contribution in [0.1, 0.15) is 30.1 Å². The maximum absolute atomic E-state index is 11.7. The molecule has 0 unspecified atom stereocenters. The van der Waals surface area contributed by atoms with Gasteiger partial charge in [-0.05, 0) is 53.3 Å². The molecule has 4 heteroatoms. The van der Waals surface area contributed by atoms with Crippen molar-refractivity contribution in [3.05, 3.63) is 33.4 Å². The third-order valence-corrected chi connectivity index (χ3v) is 3.00. The Hall–Kier alpha value is -0.620. The van der Waals surface area contributed by atoms with Crippen molar-refractivity contribution in [2.75, 3.05) is 19.8 Å². The molecule has 1 aromatic rings. The monoisotopic (exact) mass is 347 g/mol. The molecule has 0 heterocycles. The minimum absolute atomic E-state index is 0.0412. The summed E-state index contributed by atoms with van der Waals surface area (Å²) in [7, 11) is 0. The highest BCUT2D eigenvalue weighted by atomic mass is 127. The van der Waals surface area contributed by atoms with E-state index in [9.17, 15) is 4.79 Å². The van der Waals surface area contributed by atoms with E-state index in [1.165, 1.54) is 0 Å². The molecule has 0 aliphatic carbocycles. The van der Waals surface area contributed by atoms with Crippen LogP contribution in [0.2, 0.25) is 0 Å². The van der Waals surface area contributed by atoms with E-state index in [0.717, 1.165) is 23.0 Å². The van der Waals surface area contributed by atoms with Gasteiger partial charge in [0.15, 0.2) is 0 Å². The van der Waals surface area contributed by atoms with Crippen LogP contribution in [0.5, 0.6) is 0 Å². The molecule has 0 bridgehead atoms. The molecule has 1 aromatic carbocycles. The molecule has 1 N–H and O–H groups in total. The van der Waals surface area contributed by atoms with Crippen molar-refractivity contribution in [1.82, 2.24) is 5.32 Å². The molecule has 17 heavy (non-hydrogen) atoms. The number of unbranched alkanes of at least 4 members (excludes halogenated alkanes) is 1. The highest BCUT2D eigenvalue weighted by Gasteiger charge is 2.03. The lowest BCUT2D eigenvalue weighted by Gasteiger charge is -2.06. The molecular weight excluding hydrogens is 329 g/mol. The van der Waals surface area contributed by atoms with Gasteiger partial charge in [-0.2, -0.15) is 0 Å². The SMILES string of the molecule is CCCCOCCNC(=O)c1ccc(I)cc1. The molecule has 0 saturated heterocycles. The first-order valence-corrected chi connectivity index (χ1v) is 6.93. The van der Waals surface area contributed by atoms with Crippen LogP contribution in [0.3, 0.4) is 0 Å². The largest absolute Gasteiger partial charge is 0.380 e. The quantitative estimate of drug-likeness (QED) is 0.609. The van der Waals surface area contributed by atoms with Gasteiger partial charge in [-0.15, -0.1) is 0 Å². The summed E-state index contributed by atoms with van der Waals surface area (Å²) in [4.78, 5) is 11.7. The number of hydrogen-bond acceptors (Lipinski definition) is 2. The Balaban J connectivity index is 2.19. The van der Waals surface area contributed by atoms with E-state index in [1.807, 2.05) is 24.3 Å². The molecular formula is C13H18INO2. The third kappa shape index (κ3) is 6.02. The number of benzene rings is 1. The summed E-state index contributed by atoms with van der Waals surface area (Å²) in [5, 5.41) is 2.83. The second kappa shape index (κ2) is 8.47. The fraction of sp³-hybridized carbons (Fsp3) is 0.462. The van der Waals surface area contributed by atoms with Crippen molar-refractivity contribution in [3.8, 4) is 0 Å². The van der Waals surface area contributed by atoms with Crippen molar-refractivity contribution in [2.24, 2.45) is 0 Å². The Labute approximate surface area is 116 Å². The van der Waals surface area contributed by atoms with Gasteiger partial charge in [0, 0.05) is 22.3 Å². The first kappa shape index (κ1) is 14.4. The molecule has 0 fully saturated rings. The fourth-order valence-electron chi connectivity index (χ4n) is 1.29. The molecule has 0 aliphatic heterocycles. The van der Waals surface area contributed by atoms with Crippen LogP contribution < -0.4 is 5.32 Å². The predicted molar refractivity (Wildman–Crippen MR) is 77.2 cm³/mol. The second-order valence-electron chi connectivity index (χ2n) is 3.73. The maximum Gasteiger partial charge on any atom is 0.251 e. The Morgan fingerprint density at radius 2 is 2.00 bits per heavy atom. The number of carbonyl (C=O) groups excluding carboxylic acids is 1. The van der Waals surface area contributed by atoms with Crippen LogP contribution in [0.25, 0.3) is 0 Å². The van der Waals surface area contributed by atoms with Gasteiger partial charge in [0.05, 0.1) is 6.61 Å². The van der Waals surface area contributed by atoms with Gasteiger partial charge in [0.2, 0.25) is 0 Å². The van der Waals surface area contributed by atoms with E-state index >= 15 is 0 Å². The van der Waals surface area contributed by atoms with Gasteiger partial charge in [-0.1, -0.05) is 13.3 Å². The summed E-state index contributed by atoms with van der Waals surface area (Å²) in [6.07, 6.45) is 2.21. The smallest absolute Gasteiger partial charge is 0.251 e.